The molecule has 0 amide bonds. The van der Waals surface area contributed by atoms with E-state index in [-0.39, 0.29) is 5.41 Å². The minimum atomic E-state index is -0.355. The van der Waals surface area contributed by atoms with Gasteiger partial charge in [0.15, 0.2) is 0 Å². The molecule has 2 aromatic heterocycles. The van der Waals surface area contributed by atoms with Crippen LogP contribution in [0.2, 0.25) is 0 Å². The van der Waals surface area contributed by atoms with E-state index in [2.05, 4.69) is 264 Å². The number of rotatable bonds is 5. The Bertz CT molecular complexity index is 3960. The highest BCUT2D eigenvalue weighted by Gasteiger charge is 2.38. The fourth-order valence-corrected chi connectivity index (χ4v) is 11.6. The molecule has 11 aromatic carbocycles. The molecule has 14 rings (SSSR count). The Balaban J connectivity index is 0.990. The lowest BCUT2D eigenvalue weighted by Gasteiger charge is -2.43. The quantitative estimate of drug-likeness (QED) is 0.157. The zero-order valence-electron chi connectivity index (χ0n) is 37.9. The monoisotopic (exact) mass is 867 g/mol. The van der Waals surface area contributed by atoms with E-state index in [0.717, 1.165) is 11.4 Å². The zero-order valence-corrected chi connectivity index (χ0v) is 37.9. The van der Waals surface area contributed by atoms with Crippen molar-refractivity contribution in [3.63, 3.8) is 0 Å². The number of nitrogens with zero attached hydrogens (tertiary/aromatic N) is 3. The van der Waals surface area contributed by atoms with E-state index in [1.165, 1.54) is 116 Å². The molecular weight excluding hydrogens is 823 g/mol. The fourth-order valence-electron chi connectivity index (χ4n) is 11.6. The van der Waals surface area contributed by atoms with Crippen molar-refractivity contribution < 1.29 is 0 Å². The molecule has 0 bridgehead atoms. The summed E-state index contributed by atoms with van der Waals surface area (Å²) >= 11 is 0. The first-order chi connectivity index (χ1) is 33.5. The van der Waals surface area contributed by atoms with Crippen LogP contribution in [0.1, 0.15) is 25.0 Å². The minimum Gasteiger partial charge on any atom is -0.309 e. The molecule has 0 saturated heterocycles. The summed E-state index contributed by atoms with van der Waals surface area (Å²) in [5.41, 5.74) is 17.8. The van der Waals surface area contributed by atoms with Gasteiger partial charge >= 0.3 is 0 Å². The van der Waals surface area contributed by atoms with Crippen molar-refractivity contribution in [1.82, 2.24) is 9.13 Å². The summed E-state index contributed by atoms with van der Waals surface area (Å²) in [7, 11) is 0. The standard InChI is InChI=1S/C65H45N3/c1-65(2)56-37-42(44-29-33-54-52-25-13-15-27-58(52)66(62(54)39-44)47-18-5-3-6-19-47)31-35-60(56)68(64-41-46-17-9-10-22-49(46)50-23-11-12-24-51(50)64)61-36-32-43(38-57(61)65)45-30-34-55-53-26-14-16-28-59(53)67(63(55)40-45)48-20-7-4-8-21-48/h3-41H,1-2H3. The molecule has 1 aliphatic heterocycles. The summed E-state index contributed by atoms with van der Waals surface area (Å²) in [6.07, 6.45) is 0. The van der Waals surface area contributed by atoms with E-state index in [0.29, 0.717) is 0 Å². The third kappa shape index (κ3) is 5.66. The Morgan fingerprint density at radius 2 is 0.676 bits per heavy atom. The molecule has 13 aromatic rings. The van der Waals surface area contributed by atoms with Gasteiger partial charge in [0.25, 0.3) is 0 Å². The molecule has 3 heteroatoms. The molecule has 1 aliphatic rings. The summed E-state index contributed by atoms with van der Waals surface area (Å²) in [4.78, 5) is 2.55. The van der Waals surface area contributed by atoms with Gasteiger partial charge in [0.1, 0.15) is 0 Å². The van der Waals surface area contributed by atoms with Crippen LogP contribution in [0, 0.1) is 0 Å². The summed E-state index contributed by atoms with van der Waals surface area (Å²) in [6, 6.07) is 87.6. The molecule has 0 fully saturated rings. The van der Waals surface area contributed by atoms with Gasteiger partial charge in [-0.05, 0) is 128 Å². The molecule has 0 saturated carbocycles. The largest absolute Gasteiger partial charge is 0.309 e. The Morgan fingerprint density at radius 3 is 1.21 bits per heavy atom. The van der Waals surface area contributed by atoms with E-state index in [4.69, 9.17) is 0 Å². The van der Waals surface area contributed by atoms with Crippen LogP contribution >= 0.6 is 0 Å². The smallest absolute Gasteiger partial charge is 0.0547 e. The number of benzene rings is 11. The summed E-state index contributed by atoms with van der Waals surface area (Å²) in [5, 5.41) is 10.0. The highest BCUT2D eigenvalue weighted by atomic mass is 15.2. The van der Waals surface area contributed by atoms with Gasteiger partial charge in [0.05, 0.1) is 39.1 Å². The molecule has 320 valence electrons. The summed E-state index contributed by atoms with van der Waals surface area (Å²) in [6.45, 7) is 4.84. The maximum Gasteiger partial charge on any atom is 0.0547 e. The van der Waals surface area contributed by atoms with E-state index >= 15 is 0 Å². The first-order valence-electron chi connectivity index (χ1n) is 23.7. The predicted octanol–water partition coefficient (Wildman–Crippen LogP) is 17.6. The van der Waals surface area contributed by atoms with Gasteiger partial charge in [-0.1, -0.05) is 172 Å². The SMILES string of the molecule is CC1(C)c2cc(-c3ccc4c5ccccc5n(-c5ccccc5)c4c3)ccc2N(c2cc3ccccc3c3ccccc23)c2ccc(-c3ccc4c5ccccc5n(-c5ccccc5)c4c3)cc21. The van der Waals surface area contributed by atoms with Gasteiger partial charge in [-0.3, -0.25) is 0 Å². The second-order valence-electron chi connectivity index (χ2n) is 18.9. The van der Waals surface area contributed by atoms with Crippen molar-refractivity contribution in [2.24, 2.45) is 0 Å². The maximum absolute atomic E-state index is 2.55. The van der Waals surface area contributed by atoms with E-state index in [1.54, 1.807) is 0 Å². The molecule has 0 aliphatic carbocycles. The number of anilines is 3. The third-order valence-electron chi connectivity index (χ3n) is 14.9. The van der Waals surface area contributed by atoms with Gasteiger partial charge < -0.3 is 14.0 Å². The lowest BCUT2D eigenvalue weighted by atomic mass is 9.72. The van der Waals surface area contributed by atoms with Crippen LogP contribution in [0.4, 0.5) is 17.1 Å². The maximum atomic E-state index is 2.55. The molecule has 0 spiro atoms. The topological polar surface area (TPSA) is 13.1 Å². The second kappa shape index (κ2) is 14.7. The molecule has 0 unspecified atom stereocenters. The van der Waals surface area contributed by atoms with Crippen molar-refractivity contribution in [2.45, 2.75) is 19.3 Å². The van der Waals surface area contributed by atoms with Crippen LogP contribution in [0.5, 0.6) is 0 Å². The van der Waals surface area contributed by atoms with E-state index in [9.17, 15) is 0 Å². The summed E-state index contributed by atoms with van der Waals surface area (Å²) in [5.74, 6) is 0. The van der Waals surface area contributed by atoms with E-state index in [1.807, 2.05) is 0 Å². The van der Waals surface area contributed by atoms with Gasteiger partial charge in [0.2, 0.25) is 0 Å². The van der Waals surface area contributed by atoms with Crippen LogP contribution in [-0.4, -0.2) is 9.13 Å². The Hall–Kier alpha value is -8.66. The van der Waals surface area contributed by atoms with Gasteiger partial charge in [0, 0.05) is 43.7 Å². The summed E-state index contributed by atoms with van der Waals surface area (Å²) < 4.78 is 4.83. The molecule has 68 heavy (non-hydrogen) atoms. The zero-order chi connectivity index (χ0) is 45.1. The van der Waals surface area contributed by atoms with Gasteiger partial charge in [-0.2, -0.15) is 0 Å². The van der Waals surface area contributed by atoms with Crippen LogP contribution in [0.3, 0.4) is 0 Å². The number of para-hydroxylation sites is 4. The minimum absolute atomic E-state index is 0.355. The fraction of sp³-hybridized carbons (Fsp3) is 0.0462. The van der Waals surface area contributed by atoms with Crippen molar-refractivity contribution in [1.29, 1.82) is 0 Å². The van der Waals surface area contributed by atoms with Gasteiger partial charge in [-0.15, -0.1) is 0 Å². The van der Waals surface area contributed by atoms with Gasteiger partial charge in [-0.25, -0.2) is 0 Å². The first kappa shape index (κ1) is 38.6. The molecule has 3 heterocycles. The van der Waals surface area contributed by atoms with Crippen LogP contribution in [0.15, 0.2) is 237 Å². The lowest BCUT2D eigenvalue weighted by Crippen LogP contribution is -2.31. The molecule has 3 nitrogen and oxygen atoms in total. The lowest BCUT2D eigenvalue weighted by molar-refractivity contribution is 0.632. The number of hydrogen-bond acceptors (Lipinski definition) is 1. The van der Waals surface area contributed by atoms with Crippen LogP contribution in [-0.2, 0) is 5.41 Å². The second-order valence-corrected chi connectivity index (χ2v) is 18.9. The number of hydrogen-bond donors (Lipinski definition) is 0. The highest BCUT2D eigenvalue weighted by Crippen LogP contribution is 2.55. The van der Waals surface area contributed by atoms with E-state index < -0.39 is 0 Å². The average molecular weight is 868 g/mol. The van der Waals surface area contributed by atoms with Crippen molar-refractivity contribution in [2.75, 3.05) is 4.90 Å². The molecule has 0 radical (unpaired) electrons. The van der Waals surface area contributed by atoms with Crippen LogP contribution < -0.4 is 4.90 Å². The Labute approximate surface area is 395 Å². The Morgan fingerprint density at radius 1 is 0.279 bits per heavy atom. The normalized spacial score (nSPS) is 13.2. The molecular formula is C65H45N3. The molecule has 0 N–H and O–H groups in total. The van der Waals surface area contributed by atoms with Crippen molar-refractivity contribution in [3.05, 3.63) is 248 Å². The van der Waals surface area contributed by atoms with Crippen molar-refractivity contribution in [3.8, 4) is 33.6 Å². The average Bonchev–Trinajstić information content (AvgIpc) is 3.91. The number of aromatic nitrogens is 2. The van der Waals surface area contributed by atoms with Crippen molar-refractivity contribution >= 4 is 82.2 Å². The third-order valence-corrected chi connectivity index (χ3v) is 14.9. The molecule has 0 atom stereocenters. The first-order valence-corrected chi connectivity index (χ1v) is 23.7. The predicted molar refractivity (Wildman–Crippen MR) is 288 cm³/mol. The van der Waals surface area contributed by atoms with Crippen LogP contribution in [0.25, 0.3) is 98.8 Å². The Kier molecular flexibility index (Phi) is 8.33. The number of fused-ring (bicyclic) bond motifs is 11. The highest BCUT2D eigenvalue weighted by molar-refractivity contribution is 6.16.